The van der Waals surface area contributed by atoms with Crippen LogP contribution < -0.4 is 26.8 Å². The molecule has 1 aromatic carbocycles. The van der Waals surface area contributed by atoms with Gasteiger partial charge < -0.3 is 25.5 Å². The molecule has 154 valence electrons. The number of methoxy groups -OCH3 is 1. The lowest BCUT2D eigenvalue weighted by atomic mass is 9.82. The van der Waals surface area contributed by atoms with Gasteiger partial charge in [-0.25, -0.2) is 4.99 Å². The fraction of sp³-hybridized carbons (Fsp3) is 0.421. The van der Waals surface area contributed by atoms with Crippen molar-refractivity contribution in [2.45, 2.75) is 37.5 Å². The number of nitrogens with one attached hydrogen (secondary N) is 2. The molecule has 9 nitrogen and oxygen atoms in total. The van der Waals surface area contributed by atoms with E-state index < -0.39 is 5.79 Å². The standard InChI is InChI=1S/C19H24ClN7O2/c1-28-16-13(18-27-24-10-29-18)3-2-4-15(16)25-17-14(20)9-23-19(22,26-17)11-5-7-12(21)8-6-11/h2-4,9-12,25-26H,5-8,21-22H2,1H3. The molecule has 29 heavy (non-hydrogen) atoms. The van der Waals surface area contributed by atoms with Crippen molar-refractivity contribution >= 4 is 23.5 Å². The van der Waals surface area contributed by atoms with E-state index in [4.69, 9.17) is 32.2 Å². The van der Waals surface area contributed by atoms with Gasteiger partial charge in [-0.1, -0.05) is 17.7 Å². The number of halogens is 1. The van der Waals surface area contributed by atoms with Crippen LogP contribution in [0.4, 0.5) is 5.69 Å². The van der Waals surface area contributed by atoms with E-state index in [0.717, 1.165) is 25.7 Å². The lowest BCUT2D eigenvalue weighted by Gasteiger charge is -2.41. The Kier molecular flexibility index (Phi) is 5.44. The number of hydrogen-bond acceptors (Lipinski definition) is 9. The Morgan fingerprint density at radius 2 is 2.10 bits per heavy atom. The molecule has 10 heteroatoms. The maximum absolute atomic E-state index is 6.62. The molecule has 2 aromatic rings. The third-order valence-corrected chi connectivity index (χ3v) is 5.71. The first-order valence-electron chi connectivity index (χ1n) is 9.48. The van der Waals surface area contributed by atoms with Gasteiger partial charge in [0.05, 0.1) is 23.4 Å². The first kappa shape index (κ1) is 19.7. The average molecular weight is 418 g/mol. The molecule has 2 aliphatic rings. The van der Waals surface area contributed by atoms with E-state index in [-0.39, 0.29) is 12.0 Å². The number of hydrogen-bond donors (Lipinski definition) is 4. The van der Waals surface area contributed by atoms with Crippen LogP contribution in [0.3, 0.4) is 0 Å². The smallest absolute Gasteiger partial charge is 0.251 e. The minimum absolute atomic E-state index is 0.159. The van der Waals surface area contributed by atoms with Crippen molar-refractivity contribution in [2.24, 2.45) is 22.4 Å². The topological polar surface area (TPSA) is 137 Å². The number of para-hydroxylation sites is 1. The van der Waals surface area contributed by atoms with Crippen LogP contribution >= 0.6 is 11.6 Å². The monoisotopic (exact) mass is 417 g/mol. The Labute approximate surface area is 173 Å². The molecule has 0 spiro atoms. The first-order valence-corrected chi connectivity index (χ1v) is 9.86. The van der Waals surface area contributed by atoms with Crippen molar-refractivity contribution in [3.8, 4) is 17.2 Å². The van der Waals surface area contributed by atoms with Crippen LogP contribution in [-0.2, 0) is 0 Å². The summed E-state index contributed by atoms with van der Waals surface area (Å²) in [5.74, 6) is 0.671. The largest absolute Gasteiger partial charge is 0.494 e. The number of aromatic nitrogens is 2. The average Bonchev–Trinajstić information content (AvgIpc) is 3.26. The van der Waals surface area contributed by atoms with Gasteiger partial charge in [0.15, 0.2) is 11.5 Å². The first-order chi connectivity index (χ1) is 14.0. The molecule has 4 rings (SSSR count). The molecule has 2 heterocycles. The normalized spacial score (nSPS) is 26.9. The SMILES string of the molecule is COc1c(NC2=C(Cl)C=NC(N)(C3CCC(N)CC3)N2)cccc1-c1nnco1. The van der Waals surface area contributed by atoms with E-state index in [9.17, 15) is 0 Å². The molecule has 1 fully saturated rings. The molecule has 1 atom stereocenters. The van der Waals surface area contributed by atoms with Crippen LogP contribution in [0.2, 0.25) is 0 Å². The number of nitrogens with two attached hydrogens (primary N) is 2. The Balaban J connectivity index is 1.59. The summed E-state index contributed by atoms with van der Waals surface area (Å²) in [5, 5.41) is 14.7. The van der Waals surface area contributed by atoms with E-state index in [1.165, 1.54) is 6.39 Å². The molecule has 1 aliphatic carbocycles. The van der Waals surface area contributed by atoms with Gasteiger partial charge in [-0.05, 0) is 37.8 Å². The van der Waals surface area contributed by atoms with Gasteiger partial charge in [0.25, 0.3) is 5.89 Å². The van der Waals surface area contributed by atoms with Gasteiger partial charge in [-0.3, -0.25) is 5.73 Å². The molecule has 0 saturated heterocycles. The van der Waals surface area contributed by atoms with E-state index in [0.29, 0.717) is 33.7 Å². The van der Waals surface area contributed by atoms with Gasteiger partial charge in [-0.15, -0.1) is 10.2 Å². The van der Waals surface area contributed by atoms with Crippen LogP contribution in [0.5, 0.6) is 5.75 Å². The number of allylic oxidation sites excluding steroid dienone is 1. The minimum Gasteiger partial charge on any atom is -0.494 e. The molecular weight excluding hydrogens is 394 g/mol. The number of anilines is 1. The third-order valence-electron chi connectivity index (χ3n) is 5.42. The molecule has 1 aliphatic heterocycles. The number of nitrogens with zero attached hydrogens (tertiary/aromatic N) is 3. The Morgan fingerprint density at radius 1 is 1.31 bits per heavy atom. The number of rotatable bonds is 5. The molecule has 0 radical (unpaired) electrons. The summed E-state index contributed by atoms with van der Waals surface area (Å²) in [4.78, 5) is 4.49. The van der Waals surface area contributed by atoms with Crippen molar-refractivity contribution in [1.82, 2.24) is 15.5 Å². The van der Waals surface area contributed by atoms with E-state index >= 15 is 0 Å². The van der Waals surface area contributed by atoms with Crippen molar-refractivity contribution in [1.29, 1.82) is 0 Å². The van der Waals surface area contributed by atoms with Gasteiger partial charge in [0.1, 0.15) is 5.82 Å². The Morgan fingerprint density at radius 3 is 2.79 bits per heavy atom. The Bertz CT molecular complexity index is 923. The summed E-state index contributed by atoms with van der Waals surface area (Å²) in [6, 6.07) is 5.78. The molecule has 6 N–H and O–H groups in total. The lowest BCUT2D eigenvalue weighted by Crippen LogP contribution is -2.60. The van der Waals surface area contributed by atoms with Crippen LogP contribution in [0.1, 0.15) is 25.7 Å². The zero-order valence-electron chi connectivity index (χ0n) is 16.1. The molecule has 0 amide bonds. The molecule has 1 saturated carbocycles. The lowest BCUT2D eigenvalue weighted by molar-refractivity contribution is 0.176. The second-order valence-electron chi connectivity index (χ2n) is 7.30. The summed E-state index contributed by atoms with van der Waals surface area (Å²) in [6.07, 6.45) is 6.53. The van der Waals surface area contributed by atoms with Crippen LogP contribution in [0.25, 0.3) is 11.5 Å². The number of ether oxygens (including phenoxy) is 1. The number of benzene rings is 1. The summed E-state index contributed by atoms with van der Waals surface area (Å²) >= 11 is 6.40. The molecule has 1 unspecified atom stereocenters. The van der Waals surface area contributed by atoms with Crippen molar-refractivity contribution in [3.63, 3.8) is 0 Å². The zero-order chi connectivity index (χ0) is 20.4. The maximum Gasteiger partial charge on any atom is 0.251 e. The van der Waals surface area contributed by atoms with Crippen molar-refractivity contribution < 1.29 is 9.15 Å². The highest BCUT2D eigenvalue weighted by molar-refractivity contribution is 6.40. The summed E-state index contributed by atoms with van der Waals surface area (Å²) < 4.78 is 10.9. The highest BCUT2D eigenvalue weighted by Gasteiger charge is 2.39. The summed E-state index contributed by atoms with van der Waals surface area (Å²) in [7, 11) is 1.57. The summed E-state index contributed by atoms with van der Waals surface area (Å²) in [5.41, 5.74) is 14.0. The predicted molar refractivity (Wildman–Crippen MR) is 111 cm³/mol. The third kappa shape index (κ3) is 3.93. The second-order valence-corrected chi connectivity index (χ2v) is 7.71. The van der Waals surface area contributed by atoms with Crippen LogP contribution in [-0.4, -0.2) is 35.4 Å². The molecule has 0 bridgehead atoms. The van der Waals surface area contributed by atoms with Gasteiger partial charge >= 0.3 is 0 Å². The zero-order valence-corrected chi connectivity index (χ0v) is 16.8. The van der Waals surface area contributed by atoms with Crippen LogP contribution in [0, 0.1) is 5.92 Å². The fourth-order valence-electron chi connectivity index (χ4n) is 3.83. The highest BCUT2D eigenvalue weighted by atomic mass is 35.5. The van der Waals surface area contributed by atoms with Gasteiger partial charge in [0.2, 0.25) is 6.39 Å². The van der Waals surface area contributed by atoms with Crippen molar-refractivity contribution in [3.05, 3.63) is 35.4 Å². The Hall–Kier alpha value is -2.62. The maximum atomic E-state index is 6.62. The number of aliphatic imine (C=N–C) groups is 1. The van der Waals surface area contributed by atoms with Crippen molar-refractivity contribution in [2.75, 3.05) is 12.4 Å². The van der Waals surface area contributed by atoms with Gasteiger partial charge in [0, 0.05) is 18.2 Å². The second kappa shape index (κ2) is 8.02. The van der Waals surface area contributed by atoms with Crippen LogP contribution in [0.15, 0.2) is 44.9 Å². The molecular formula is C19H24ClN7O2. The van der Waals surface area contributed by atoms with E-state index in [1.807, 2.05) is 18.2 Å². The quantitative estimate of drug-likeness (QED) is 0.581. The molecule has 1 aromatic heterocycles. The van der Waals surface area contributed by atoms with E-state index in [1.54, 1.807) is 13.3 Å². The fourth-order valence-corrected chi connectivity index (χ4v) is 3.97. The van der Waals surface area contributed by atoms with E-state index in [2.05, 4.69) is 25.8 Å². The summed E-state index contributed by atoms with van der Waals surface area (Å²) in [6.45, 7) is 0. The predicted octanol–water partition coefficient (Wildman–Crippen LogP) is 2.37. The van der Waals surface area contributed by atoms with Gasteiger partial charge in [-0.2, -0.15) is 0 Å². The minimum atomic E-state index is -0.946. The highest BCUT2D eigenvalue weighted by Crippen LogP contribution is 2.37.